The van der Waals surface area contributed by atoms with Gasteiger partial charge in [-0.25, -0.2) is 4.52 Å². The van der Waals surface area contributed by atoms with E-state index in [2.05, 4.69) is 10.1 Å². The molecule has 1 fully saturated rings. The number of hydrogen-bond donors (Lipinski definition) is 1. The zero-order valence-electron chi connectivity index (χ0n) is 15.7. The molecule has 3 aromatic heterocycles. The lowest BCUT2D eigenvalue weighted by atomic mass is 9.99. The van der Waals surface area contributed by atoms with Crippen molar-refractivity contribution in [2.75, 3.05) is 13.2 Å². The minimum atomic E-state index is -0.00873. The lowest BCUT2D eigenvalue weighted by Crippen LogP contribution is -2.43. The fourth-order valence-corrected chi connectivity index (χ4v) is 3.89. The van der Waals surface area contributed by atoms with Gasteiger partial charge in [0.05, 0.1) is 5.52 Å². The molecule has 1 N–H and O–H groups in total. The summed E-state index contributed by atoms with van der Waals surface area (Å²) in [5.41, 5.74) is 3.55. The molecule has 0 bridgehead atoms. The van der Waals surface area contributed by atoms with Crippen molar-refractivity contribution in [3.05, 3.63) is 60.6 Å². The summed E-state index contributed by atoms with van der Waals surface area (Å²) in [5, 5.41) is 14.0. The smallest absolute Gasteiger partial charge is 0.246 e. The maximum atomic E-state index is 12.9. The highest BCUT2D eigenvalue weighted by Gasteiger charge is 2.25. The van der Waals surface area contributed by atoms with Crippen LogP contribution >= 0.6 is 0 Å². The highest BCUT2D eigenvalue weighted by atomic mass is 16.3. The number of carbonyl (C=O) groups excluding carboxylic acids is 1. The number of piperidine rings is 1. The second kappa shape index (κ2) is 8.35. The predicted octanol–water partition coefficient (Wildman–Crippen LogP) is 3.17. The molecule has 4 rings (SSSR count). The van der Waals surface area contributed by atoms with E-state index >= 15 is 0 Å². The number of rotatable bonds is 5. The van der Waals surface area contributed by atoms with E-state index in [1.807, 2.05) is 52.0 Å². The van der Waals surface area contributed by atoms with E-state index in [0.29, 0.717) is 6.42 Å². The van der Waals surface area contributed by atoms with E-state index in [4.69, 9.17) is 0 Å². The van der Waals surface area contributed by atoms with Crippen LogP contribution in [0.5, 0.6) is 0 Å². The minimum absolute atomic E-state index is 0.00873. The summed E-state index contributed by atoms with van der Waals surface area (Å²) in [4.78, 5) is 19.0. The van der Waals surface area contributed by atoms with E-state index < -0.39 is 0 Å². The number of aliphatic hydroxyl groups is 1. The second-order valence-corrected chi connectivity index (χ2v) is 7.06. The molecular formula is C22H24N4O2. The number of aliphatic hydroxyl groups excluding tert-OH is 1. The normalized spacial score (nSPS) is 17.5. The van der Waals surface area contributed by atoms with Crippen LogP contribution in [0.25, 0.3) is 22.9 Å². The van der Waals surface area contributed by atoms with Gasteiger partial charge < -0.3 is 10.0 Å². The first-order valence-corrected chi connectivity index (χ1v) is 9.75. The van der Waals surface area contributed by atoms with Crippen molar-refractivity contribution in [3.8, 4) is 11.3 Å². The number of likely N-dealkylation sites (tertiary alicyclic amines) is 1. The molecule has 1 atom stereocenters. The topological polar surface area (TPSA) is 70.7 Å². The standard InChI is InChI=1S/C22H24N4O2/c27-15-11-18-7-1-3-13-25(18)21(28)10-9-19-20-8-2-4-14-26(20)24-22(19)17-6-5-12-23-16-17/h2,4-6,8-10,12,14,16,18,27H,1,3,7,11,13,15H2. The largest absolute Gasteiger partial charge is 0.396 e. The molecule has 1 amide bonds. The first kappa shape index (κ1) is 18.4. The molecule has 0 aliphatic carbocycles. The van der Waals surface area contributed by atoms with Crippen molar-refractivity contribution >= 4 is 17.5 Å². The van der Waals surface area contributed by atoms with Gasteiger partial charge in [-0.15, -0.1) is 0 Å². The van der Waals surface area contributed by atoms with Crippen LogP contribution < -0.4 is 0 Å². The maximum absolute atomic E-state index is 12.9. The van der Waals surface area contributed by atoms with Gasteiger partial charge in [-0.05, 0) is 56.0 Å². The predicted molar refractivity (Wildman–Crippen MR) is 109 cm³/mol. The Hall–Kier alpha value is -2.99. The Bertz CT molecular complexity index is 979. The summed E-state index contributed by atoms with van der Waals surface area (Å²) in [7, 11) is 0. The van der Waals surface area contributed by atoms with Gasteiger partial charge in [-0.2, -0.15) is 5.10 Å². The van der Waals surface area contributed by atoms with Gasteiger partial charge in [-0.3, -0.25) is 9.78 Å². The van der Waals surface area contributed by atoms with Crippen LogP contribution in [0.1, 0.15) is 31.2 Å². The number of carbonyl (C=O) groups is 1. The molecule has 1 unspecified atom stereocenters. The second-order valence-electron chi connectivity index (χ2n) is 7.06. The van der Waals surface area contributed by atoms with Gasteiger partial charge in [0.25, 0.3) is 0 Å². The lowest BCUT2D eigenvalue weighted by Gasteiger charge is -2.34. The highest BCUT2D eigenvalue weighted by molar-refractivity contribution is 5.95. The molecule has 4 heterocycles. The van der Waals surface area contributed by atoms with Crippen molar-refractivity contribution < 1.29 is 9.90 Å². The molecule has 6 nitrogen and oxygen atoms in total. The summed E-state index contributed by atoms with van der Waals surface area (Å²) < 4.78 is 1.82. The van der Waals surface area contributed by atoms with E-state index in [0.717, 1.165) is 48.1 Å². The Kier molecular flexibility index (Phi) is 5.48. The molecular weight excluding hydrogens is 352 g/mol. The van der Waals surface area contributed by atoms with E-state index in [1.165, 1.54) is 0 Å². The zero-order chi connectivity index (χ0) is 19.3. The molecule has 0 saturated carbocycles. The van der Waals surface area contributed by atoms with Crippen LogP contribution in [-0.4, -0.2) is 49.7 Å². The third-order valence-electron chi connectivity index (χ3n) is 5.28. The van der Waals surface area contributed by atoms with E-state index in [-0.39, 0.29) is 18.6 Å². The van der Waals surface area contributed by atoms with Crippen LogP contribution in [0.2, 0.25) is 0 Å². The average Bonchev–Trinajstić information content (AvgIpc) is 3.12. The molecule has 6 heteroatoms. The number of pyridine rings is 2. The van der Waals surface area contributed by atoms with Gasteiger partial charge in [-0.1, -0.05) is 6.07 Å². The Morgan fingerprint density at radius 2 is 2.18 bits per heavy atom. The summed E-state index contributed by atoms with van der Waals surface area (Å²) in [6.45, 7) is 0.857. The van der Waals surface area contributed by atoms with Gasteiger partial charge >= 0.3 is 0 Å². The van der Waals surface area contributed by atoms with Crippen molar-refractivity contribution in [2.45, 2.75) is 31.7 Å². The number of aromatic nitrogens is 3. The van der Waals surface area contributed by atoms with Crippen LogP contribution in [-0.2, 0) is 4.79 Å². The maximum Gasteiger partial charge on any atom is 0.246 e. The van der Waals surface area contributed by atoms with Crippen LogP contribution in [0, 0.1) is 0 Å². The molecule has 144 valence electrons. The van der Waals surface area contributed by atoms with E-state index in [9.17, 15) is 9.90 Å². The monoisotopic (exact) mass is 376 g/mol. The zero-order valence-corrected chi connectivity index (χ0v) is 15.7. The minimum Gasteiger partial charge on any atom is -0.396 e. The van der Waals surface area contributed by atoms with Gasteiger partial charge in [0.1, 0.15) is 5.69 Å². The number of fused-ring (bicyclic) bond motifs is 1. The fraction of sp³-hybridized carbons (Fsp3) is 0.318. The van der Waals surface area contributed by atoms with Crippen LogP contribution in [0.3, 0.4) is 0 Å². The van der Waals surface area contributed by atoms with Crippen molar-refractivity contribution in [1.29, 1.82) is 0 Å². The first-order valence-electron chi connectivity index (χ1n) is 9.75. The number of hydrogen-bond acceptors (Lipinski definition) is 4. The van der Waals surface area contributed by atoms with Crippen LogP contribution in [0.15, 0.2) is 55.0 Å². The highest BCUT2D eigenvalue weighted by Crippen LogP contribution is 2.27. The van der Waals surface area contributed by atoms with Gasteiger partial charge in [0.2, 0.25) is 5.91 Å². The van der Waals surface area contributed by atoms with Crippen LogP contribution in [0.4, 0.5) is 0 Å². The summed E-state index contributed by atoms with van der Waals surface area (Å²) >= 11 is 0. The Labute approximate surface area is 164 Å². The molecule has 28 heavy (non-hydrogen) atoms. The molecule has 0 radical (unpaired) electrons. The van der Waals surface area contributed by atoms with Gasteiger partial charge in [0.15, 0.2) is 0 Å². The summed E-state index contributed by atoms with van der Waals surface area (Å²) in [5.74, 6) is -0.00873. The molecule has 1 aliphatic heterocycles. The lowest BCUT2D eigenvalue weighted by molar-refractivity contribution is -0.129. The van der Waals surface area contributed by atoms with Crippen molar-refractivity contribution in [3.63, 3.8) is 0 Å². The SMILES string of the molecule is O=C(C=Cc1c(-c2cccnc2)nn2ccccc12)N1CCCCC1CCO. The van der Waals surface area contributed by atoms with Crippen molar-refractivity contribution in [2.24, 2.45) is 0 Å². The molecule has 0 spiro atoms. The quantitative estimate of drug-likeness (QED) is 0.695. The first-order chi connectivity index (χ1) is 13.8. The molecule has 1 saturated heterocycles. The number of amides is 1. The third kappa shape index (κ3) is 3.68. The van der Waals surface area contributed by atoms with E-state index in [1.54, 1.807) is 18.5 Å². The molecule has 3 aromatic rings. The Balaban J connectivity index is 1.68. The van der Waals surface area contributed by atoms with Gasteiger partial charge in [0, 0.05) is 55.0 Å². The summed E-state index contributed by atoms with van der Waals surface area (Å²) in [6.07, 6.45) is 12.6. The fourth-order valence-electron chi connectivity index (χ4n) is 3.89. The average molecular weight is 376 g/mol. The molecule has 1 aliphatic rings. The Morgan fingerprint density at radius 3 is 3.00 bits per heavy atom. The third-order valence-corrected chi connectivity index (χ3v) is 5.28. The van der Waals surface area contributed by atoms with Crippen molar-refractivity contribution in [1.82, 2.24) is 19.5 Å². The summed E-state index contributed by atoms with van der Waals surface area (Å²) in [6, 6.07) is 9.86. The molecule has 0 aromatic carbocycles. The Morgan fingerprint density at radius 1 is 1.25 bits per heavy atom. The number of nitrogens with zero attached hydrogens (tertiary/aromatic N) is 4.